The Morgan fingerprint density at radius 2 is 1.67 bits per heavy atom. The van der Waals surface area contributed by atoms with Crippen LogP contribution < -0.4 is 0 Å². The van der Waals surface area contributed by atoms with E-state index in [1.807, 2.05) is 13.0 Å². The van der Waals surface area contributed by atoms with Crippen LogP contribution in [0.5, 0.6) is 0 Å². The van der Waals surface area contributed by atoms with Crippen LogP contribution in [0.15, 0.2) is 48.5 Å². The summed E-state index contributed by atoms with van der Waals surface area (Å²) in [5, 5.41) is 0. The van der Waals surface area contributed by atoms with Crippen LogP contribution in [-0.4, -0.2) is 54.1 Å². The number of esters is 1. The number of amides is 3. The first-order valence-electron chi connectivity index (χ1n) is 9.72. The van der Waals surface area contributed by atoms with Gasteiger partial charge in [-0.15, -0.1) is 0 Å². The van der Waals surface area contributed by atoms with Gasteiger partial charge in [0, 0.05) is 32.6 Å². The average Bonchev–Trinajstić information content (AvgIpc) is 2.96. The smallest absolute Gasteiger partial charge is 0.306 e. The first-order valence-corrected chi connectivity index (χ1v) is 9.72. The number of likely N-dealkylation sites (N-methyl/N-ethyl adjacent to an activating group) is 1. The number of nitrogens with zero attached hydrogens (tertiary/aromatic N) is 2. The van der Waals surface area contributed by atoms with Crippen LogP contribution in [0.1, 0.15) is 50.8 Å². The summed E-state index contributed by atoms with van der Waals surface area (Å²) in [5.74, 6) is -1.61. The van der Waals surface area contributed by atoms with Gasteiger partial charge in [0.2, 0.25) is 6.10 Å². The first-order chi connectivity index (χ1) is 14.3. The van der Waals surface area contributed by atoms with Gasteiger partial charge in [-0.05, 0) is 25.5 Å². The third kappa shape index (κ3) is 4.40. The van der Waals surface area contributed by atoms with Crippen molar-refractivity contribution < 1.29 is 23.9 Å². The molecule has 0 bridgehead atoms. The molecule has 1 atom stereocenters. The number of carbonyl (C=O) groups excluding carboxylic acids is 4. The Labute approximate surface area is 175 Å². The maximum absolute atomic E-state index is 12.5. The lowest BCUT2D eigenvalue weighted by Gasteiger charge is -2.21. The maximum Gasteiger partial charge on any atom is 0.306 e. The first kappa shape index (κ1) is 21.2. The third-order valence-electron chi connectivity index (χ3n) is 4.91. The van der Waals surface area contributed by atoms with Gasteiger partial charge in [0.1, 0.15) is 0 Å². The van der Waals surface area contributed by atoms with E-state index in [2.05, 4.69) is 0 Å². The number of rotatable bonds is 7. The van der Waals surface area contributed by atoms with E-state index in [9.17, 15) is 19.2 Å². The molecule has 1 heterocycles. The zero-order chi connectivity index (χ0) is 21.8. The number of ether oxygens (including phenoxy) is 1. The van der Waals surface area contributed by atoms with Crippen LogP contribution >= 0.6 is 0 Å². The van der Waals surface area contributed by atoms with E-state index in [4.69, 9.17) is 4.74 Å². The van der Waals surface area contributed by atoms with Crippen molar-refractivity contribution in [1.82, 2.24) is 9.80 Å². The summed E-state index contributed by atoms with van der Waals surface area (Å²) in [5.41, 5.74) is 2.26. The van der Waals surface area contributed by atoms with Gasteiger partial charge in [0.25, 0.3) is 17.7 Å². The third-order valence-corrected chi connectivity index (χ3v) is 4.91. The standard InChI is InChI=1S/C23H24N2O5/c1-15-11-12-17-18(14-15)22(28)25(21(17)27)13-7-10-19(26)30-20(23(29)24(2)3)16-8-5-4-6-9-16/h4-6,8-9,11-12,14,20H,7,10,13H2,1-3H3. The number of benzene rings is 2. The van der Waals surface area contributed by atoms with Crippen molar-refractivity contribution in [2.24, 2.45) is 0 Å². The average molecular weight is 408 g/mol. The minimum absolute atomic E-state index is 0.0174. The number of carbonyl (C=O) groups is 4. The number of hydrogen-bond acceptors (Lipinski definition) is 5. The lowest BCUT2D eigenvalue weighted by Crippen LogP contribution is -2.32. The van der Waals surface area contributed by atoms with Crippen LogP contribution in [0.2, 0.25) is 0 Å². The Morgan fingerprint density at radius 1 is 1.00 bits per heavy atom. The van der Waals surface area contributed by atoms with E-state index >= 15 is 0 Å². The second-order valence-electron chi connectivity index (χ2n) is 7.43. The molecule has 3 amide bonds. The zero-order valence-corrected chi connectivity index (χ0v) is 17.3. The summed E-state index contributed by atoms with van der Waals surface area (Å²) in [6.07, 6.45) is -0.798. The Kier molecular flexibility index (Phi) is 6.30. The molecule has 0 aromatic heterocycles. The zero-order valence-electron chi connectivity index (χ0n) is 17.3. The van der Waals surface area contributed by atoms with Gasteiger partial charge >= 0.3 is 5.97 Å². The lowest BCUT2D eigenvalue weighted by atomic mass is 10.1. The normalized spacial score (nSPS) is 13.8. The second-order valence-corrected chi connectivity index (χ2v) is 7.43. The van der Waals surface area contributed by atoms with E-state index in [1.54, 1.807) is 56.6 Å². The monoisotopic (exact) mass is 408 g/mol. The molecule has 0 fully saturated rings. The molecule has 0 N–H and O–H groups in total. The fourth-order valence-electron chi connectivity index (χ4n) is 3.30. The molecule has 156 valence electrons. The predicted molar refractivity (Wildman–Crippen MR) is 110 cm³/mol. The van der Waals surface area contributed by atoms with Gasteiger partial charge in [-0.2, -0.15) is 0 Å². The molecule has 2 aromatic rings. The van der Waals surface area contributed by atoms with Crippen LogP contribution in [0, 0.1) is 6.92 Å². The summed E-state index contributed by atoms with van der Waals surface area (Å²) in [6.45, 7) is 1.97. The van der Waals surface area contributed by atoms with E-state index in [-0.39, 0.29) is 37.1 Å². The predicted octanol–water partition coefficient (Wildman–Crippen LogP) is 2.74. The van der Waals surface area contributed by atoms with Crippen molar-refractivity contribution in [1.29, 1.82) is 0 Å². The number of aryl methyl sites for hydroxylation is 1. The van der Waals surface area contributed by atoms with E-state index in [0.717, 1.165) is 10.5 Å². The maximum atomic E-state index is 12.5. The van der Waals surface area contributed by atoms with Crippen molar-refractivity contribution >= 4 is 23.7 Å². The summed E-state index contributed by atoms with van der Waals surface area (Å²) >= 11 is 0. The molecule has 0 aliphatic carbocycles. The van der Waals surface area contributed by atoms with Crippen molar-refractivity contribution in [2.75, 3.05) is 20.6 Å². The topological polar surface area (TPSA) is 84.0 Å². The molecule has 0 saturated carbocycles. The van der Waals surface area contributed by atoms with E-state index in [1.165, 1.54) is 4.90 Å². The van der Waals surface area contributed by atoms with E-state index in [0.29, 0.717) is 16.7 Å². The molecule has 1 aliphatic heterocycles. The van der Waals surface area contributed by atoms with Gasteiger partial charge in [-0.25, -0.2) is 0 Å². The molecule has 0 radical (unpaired) electrons. The fraction of sp³-hybridized carbons (Fsp3) is 0.304. The van der Waals surface area contributed by atoms with Gasteiger partial charge in [-0.3, -0.25) is 24.1 Å². The Bertz CT molecular complexity index is 984. The second kappa shape index (κ2) is 8.90. The molecule has 2 aromatic carbocycles. The van der Waals surface area contributed by atoms with Gasteiger partial charge in [0.15, 0.2) is 0 Å². The number of fused-ring (bicyclic) bond motifs is 1. The molecule has 7 nitrogen and oxygen atoms in total. The van der Waals surface area contributed by atoms with Crippen molar-refractivity contribution in [3.8, 4) is 0 Å². The molecular weight excluding hydrogens is 384 g/mol. The molecule has 1 unspecified atom stereocenters. The summed E-state index contributed by atoms with van der Waals surface area (Å²) < 4.78 is 5.44. The molecular formula is C23H24N2O5. The highest BCUT2D eigenvalue weighted by Crippen LogP contribution is 2.25. The quantitative estimate of drug-likeness (QED) is 0.520. The summed E-state index contributed by atoms with van der Waals surface area (Å²) in [7, 11) is 3.19. The lowest BCUT2D eigenvalue weighted by molar-refractivity contribution is -0.159. The van der Waals surface area contributed by atoms with Crippen molar-refractivity contribution in [3.63, 3.8) is 0 Å². The van der Waals surface area contributed by atoms with Crippen LogP contribution in [0.4, 0.5) is 0 Å². The van der Waals surface area contributed by atoms with Crippen LogP contribution in [0.25, 0.3) is 0 Å². The minimum atomic E-state index is -1.03. The Hall–Kier alpha value is -3.48. The van der Waals surface area contributed by atoms with Gasteiger partial charge in [-0.1, -0.05) is 42.0 Å². The Morgan fingerprint density at radius 3 is 2.33 bits per heavy atom. The van der Waals surface area contributed by atoms with E-state index < -0.39 is 12.1 Å². The van der Waals surface area contributed by atoms with Crippen LogP contribution in [0.3, 0.4) is 0 Å². The van der Waals surface area contributed by atoms with Crippen molar-refractivity contribution in [3.05, 3.63) is 70.8 Å². The molecule has 0 spiro atoms. The summed E-state index contributed by atoms with van der Waals surface area (Å²) in [4.78, 5) is 52.3. The molecule has 30 heavy (non-hydrogen) atoms. The largest absolute Gasteiger partial charge is 0.447 e. The van der Waals surface area contributed by atoms with Crippen LogP contribution in [-0.2, 0) is 14.3 Å². The highest BCUT2D eigenvalue weighted by molar-refractivity contribution is 6.21. The highest BCUT2D eigenvalue weighted by Gasteiger charge is 2.35. The number of imide groups is 1. The van der Waals surface area contributed by atoms with Gasteiger partial charge < -0.3 is 9.64 Å². The minimum Gasteiger partial charge on any atom is -0.447 e. The number of hydrogen-bond donors (Lipinski definition) is 0. The molecule has 0 saturated heterocycles. The molecule has 7 heteroatoms. The SMILES string of the molecule is Cc1ccc2c(c1)C(=O)N(CCCC(=O)OC(C(=O)N(C)C)c1ccccc1)C2=O. The Balaban J connectivity index is 1.59. The summed E-state index contributed by atoms with van der Waals surface area (Å²) in [6, 6.07) is 13.9. The molecule has 1 aliphatic rings. The highest BCUT2D eigenvalue weighted by atomic mass is 16.5. The van der Waals surface area contributed by atoms with Gasteiger partial charge in [0.05, 0.1) is 11.1 Å². The molecule has 3 rings (SSSR count). The van der Waals surface area contributed by atoms with Crippen molar-refractivity contribution in [2.45, 2.75) is 25.9 Å². The fourth-order valence-corrected chi connectivity index (χ4v) is 3.30.